The van der Waals surface area contributed by atoms with Crippen molar-refractivity contribution in [3.63, 3.8) is 0 Å². The molecule has 0 spiro atoms. The van der Waals surface area contributed by atoms with E-state index >= 15 is 0 Å². The molecule has 0 atom stereocenters. The van der Waals surface area contributed by atoms with Gasteiger partial charge in [0.2, 0.25) is 0 Å². The maximum Gasteiger partial charge on any atom is 0.422 e. The summed E-state index contributed by atoms with van der Waals surface area (Å²) >= 11 is 0. The van der Waals surface area contributed by atoms with Gasteiger partial charge in [0.15, 0.2) is 6.61 Å². The third-order valence-corrected chi connectivity index (χ3v) is 1.46. The van der Waals surface area contributed by atoms with Crippen LogP contribution >= 0.6 is 0 Å². The number of carbonyl (C=O) groups excluding carboxylic acids is 1. The number of ether oxygens (including phenoxy) is 1. The van der Waals surface area contributed by atoms with Gasteiger partial charge in [0.05, 0.1) is 0 Å². The van der Waals surface area contributed by atoms with Gasteiger partial charge in [-0.3, -0.25) is 5.32 Å². The van der Waals surface area contributed by atoms with Crippen molar-refractivity contribution in [2.45, 2.75) is 6.18 Å². The molecule has 0 fully saturated rings. The van der Waals surface area contributed by atoms with Crippen molar-refractivity contribution in [2.24, 2.45) is 0 Å². The van der Waals surface area contributed by atoms with Crippen LogP contribution in [0.4, 0.5) is 23.7 Å². The predicted octanol–water partition coefficient (Wildman–Crippen LogP) is 2.50. The summed E-state index contributed by atoms with van der Waals surface area (Å²) in [5, 5.41) is 11.0. The lowest BCUT2D eigenvalue weighted by Gasteiger charge is -2.09. The van der Waals surface area contributed by atoms with Crippen molar-refractivity contribution >= 4 is 11.8 Å². The summed E-state index contributed by atoms with van der Waals surface area (Å²) in [7, 11) is 0. The fourth-order valence-corrected chi connectivity index (χ4v) is 0.885. The summed E-state index contributed by atoms with van der Waals surface area (Å²) in [6.07, 6.45) is -5.79. The topological polar surface area (TPSA) is 58.6 Å². The second-order valence-corrected chi connectivity index (χ2v) is 2.87. The van der Waals surface area contributed by atoms with E-state index in [2.05, 4.69) is 4.74 Å². The van der Waals surface area contributed by atoms with Crippen LogP contribution in [0.5, 0.6) is 5.75 Å². The van der Waals surface area contributed by atoms with Crippen LogP contribution in [0.15, 0.2) is 24.3 Å². The van der Waals surface area contributed by atoms with E-state index in [1.165, 1.54) is 24.3 Å². The molecule has 0 saturated heterocycles. The Morgan fingerprint density at radius 2 is 2.12 bits per heavy atom. The van der Waals surface area contributed by atoms with Crippen LogP contribution < -0.4 is 5.32 Å². The Morgan fingerprint density at radius 1 is 1.44 bits per heavy atom. The van der Waals surface area contributed by atoms with Crippen molar-refractivity contribution < 1.29 is 27.8 Å². The highest BCUT2D eigenvalue weighted by Gasteiger charge is 2.29. The molecule has 1 amide bonds. The lowest BCUT2D eigenvalue weighted by molar-refractivity contribution is -0.159. The molecule has 88 valence electrons. The number of nitrogens with one attached hydrogen (secondary N) is 1. The Labute approximate surface area is 88.6 Å². The van der Waals surface area contributed by atoms with E-state index < -0.39 is 18.9 Å². The van der Waals surface area contributed by atoms with E-state index in [4.69, 9.17) is 5.11 Å². The first-order valence-corrected chi connectivity index (χ1v) is 4.16. The number of alkyl halides is 3. The maximum absolute atomic E-state index is 11.7. The zero-order valence-electron chi connectivity index (χ0n) is 7.91. The molecule has 0 aromatic heterocycles. The van der Waals surface area contributed by atoms with Gasteiger partial charge >= 0.3 is 12.3 Å². The third-order valence-electron chi connectivity index (χ3n) is 1.46. The van der Waals surface area contributed by atoms with Crippen LogP contribution in [0.2, 0.25) is 0 Å². The fourth-order valence-electron chi connectivity index (χ4n) is 0.885. The Morgan fingerprint density at radius 3 is 2.69 bits per heavy atom. The first-order valence-electron chi connectivity index (χ1n) is 4.16. The monoisotopic (exact) mass is 235 g/mol. The molecule has 0 aliphatic rings. The molecule has 1 aromatic carbocycles. The van der Waals surface area contributed by atoms with E-state index in [0.29, 0.717) is 0 Å². The summed E-state index contributed by atoms with van der Waals surface area (Å²) in [4.78, 5) is 10.9. The smallest absolute Gasteiger partial charge is 0.422 e. The van der Waals surface area contributed by atoms with E-state index in [9.17, 15) is 18.0 Å². The molecule has 1 aromatic rings. The molecular formula is C9H8F3NO3. The van der Waals surface area contributed by atoms with Crippen molar-refractivity contribution in [2.75, 3.05) is 11.9 Å². The number of aromatic hydroxyl groups is 1. The van der Waals surface area contributed by atoms with E-state index in [1.807, 2.05) is 5.32 Å². The van der Waals surface area contributed by atoms with Gasteiger partial charge < -0.3 is 9.84 Å². The molecule has 1 rings (SSSR count). The van der Waals surface area contributed by atoms with Gasteiger partial charge in [0, 0.05) is 11.8 Å². The highest BCUT2D eigenvalue weighted by Crippen LogP contribution is 2.17. The standard InChI is InChI=1S/C9H8F3NO3/c10-9(11,12)5-16-8(15)13-6-2-1-3-7(14)4-6/h1-4,14H,5H2,(H,13,15). The van der Waals surface area contributed by atoms with Crippen molar-refractivity contribution in [1.82, 2.24) is 0 Å². The molecule has 0 saturated carbocycles. The number of halogens is 3. The first-order chi connectivity index (χ1) is 7.37. The van der Waals surface area contributed by atoms with Crippen molar-refractivity contribution in [1.29, 1.82) is 0 Å². The molecule has 0 bridgehead atoms. The largest absolute Gasteiger partial charge is 0.508 e. The molecule has 7 heteroatoms. The number of benzene rings is 1. The van der Waals surface area contributed by atoms with Gasteiger partial charge in [-0.2, -0.15) is 13.2 Å². The van der Waals surface area contributed by atoms with Gasteiger partial charge in [-0.05, 0) is 12.1 Å². The molecule has 2 N–H and O–H groups in total. The number of rotatable bonds is 2. The van der Waals surface area contributed by atoms with E-state index in [0.717, 1.165) is 0 Å². The number of phenolic OH excluding ortho intramolecular Hbond substituents is 1. The zero-order valence-corrected chi connectivity index (χ0v) is 7.91. The Bertz CT molecular complexity index is 379. The molecule has 0 aliphatic heterocycles. The molecule has 0 radical (unpaired) electrons. The quantitative estimate of drug-likeness (QED) is 0.827. The van der Waals surface area contributed by atoms with E-state index in [1.54, 1.807) is 0 Å². The number of phenols is 1. The van der Waals surface area contributed by atoms with Gasteiger partial charge in [0.1, 0.15) is 5.75 Å². The second kappa shape index (κ2) is 4.73. The summed E-state index contributed by atoms with van der Waals surface area (Å²) < 4.78 is 38.9. The van der Waals surface area contributed by atoms with Crippen molar-refractivity contribution in [3.05, 3.63) is 24.3 Å². The summed E-state index contributed by atoms with van der Waals surface area (Å²) in [6, 6.07) is 5.35. The lowest BCUT2D eigenvalue weighted by atomic mass is 10.3. The van der Waals surface area contributed by atoms with Gasteiger partial charge in [-0.15, -0.1) is 0 Å². The highest BCUT2D eigenvalue weighted by atomic mass is 19.4. The first kappa shape index (κ1) is 12.2. The number of carbonyl (C=O) groups is 1. The molecule has 16 heavy (non-hydrogen) atoms. The average molecular weight is 235 g/mol. The fraction of sp³-hybridized carbons (Fsp3) is 0.222. The lowest BCUT2D eigenvalue weighted by Crippen LogP contribution is -2.23. The molecule has 0 unspecified atom stereocenters. The molecular weight excluding hydrogens is 227 g/mol. The van der Waals surface area contributed by atoms with Crippen LogP contribution in [0.25, 0.3) is 0 Å². The van der Waals surface area contributed by atoms with Crippen LogP contribution in [0, 0.1) is 0 Å². The number of hydrogen-bond donors (Lipinski definition) is 2. The summed E-state index contributed by atoms with van der Waals surface area (Å²) in [5.41, 5.74) is 0.146. The maximum atomic E-state index is 11.7. The normalized spacial score (nSPS) is 10.9. The summed E-state index contributed by atoms with van der Waals surface area (Å²) in [6.45, 7) is -1.66. The zero-order chi connectivity index (χ0) is 12.2. The molecule has 4 nitrogen and oxygen atoms in total. The Balaban J connectivity index is 2.46. The summed E-state index contributed by atoms with van der Waals surface area (Å²) in [5.74, 6) is -0.117. The van der Waals surface area contributed by atoms with Crippen LogP contribution in [0.1, 0.15) is 0 Å². The van der Waals surface area contributed by atoms with Gasteiger partial charge in [-0.25, -0.2) is 4.79 Å². The number of hydrogen-bond acceptors (Lipinski definition) is 3. The predicted molar refractivity (Wildman–Crippen MR) is 49.1 cm³/mol. The van der Waals surface area contributed by atoms with Crippen LogP contribution in [0.3, 0.4) is 0 Å². The Hall–Kier alpha value is -1.92. The number of amides is 1. The van der Waals surface area contributed by atoms with Crippen molar-refractivity contribution in [3.8, 4) is 5.75 Å². The second-order valence-electron chi connectivity index (χ2n) is 2.87. The minimum Gasteiger partial charge on any atom is -0.508 e. The van der Waals surface area contributed by atoms with Crippen LogP contribution in [-0.2, 0) is 4.74 Å². The average Bonchev–Trinajstić information content (AvgIpc) is 2.14. The molecule has 0 heterocycles. The van der Waals surface area contributed by atoms with Gasteiger partial charge in [0.25, 0.3) is 0 Å². The SMILES string of the molecule is O=C(Nc1cccc(O)c1)OCC(F)(F)F. The highest BCUT2D eigenvalue weighted by molar-refractivity contribution is 5.84. The minimum absolute atomic E-state index is 0.117. The molecule has 0 aliphatic carbocycles. The van der Waals surface area contributed by atoms with E-state index in [-0.39, 0.29) is 11.4 Å². The minimum atomic E-state index is -4.56. The van der Waals surface area contributed by atoms with Gasteiger partial charge in [-0.1, -0.05) is 6.07 Å². The van der Waals surface area contributed by atoms with Crippen LogP contribution in [-0.4, -0.2) is 24.0 Å². The Kier molecular flexibility index (Phi) is 3.60. The number of anilines is 1. The third kappa shape index (κ3) is 4.54.